The van der Waals surface area contributed by atoms with E-state index in [1.807, 2.05) is 0 Å². The molecule has 0 bridgehead atoms. The van der Waals surface area contributed by atoms with Crippen molar-refractivity contribution in [3.63, 3.8) is 0 Å². The van der Waals surface area contributed by atoms with Gasteiger partial charge in [0, 0.05) is 5.39 Å². The third kappa shape index (κ3) is 5.94. The average molecular weight is 551 g/mol. The summed E-state index contributed by atoms with van der Waals surface area (Å²) in [6, 6.07) is 10.4. The van der Waals surface area contributed by atoms with Gasteiger partial charge in [-0.25, -0.2) is 4.98 Å². The Kier molecular flexibility index (Phi) is 6.98. The molecule has 0 saturated heterocycles. The predicted octanol–water partition coefficient (Wildman–Crippen LogP) is 5.37. The van der Waals surface area contributed by atoms with Crippen molar-refractivity contribution in [3.05, 3.63) is 82.3 Å². The van der Waals surface area contributed by atoms with Crippen molar-refractivity contribution in [1.29, 1.82) is 0 Å². The summed E-state index contributed by atoms with van der Waals surface area (Å²) in [7, 11) is 0. The van der Waals surface area contributed by atoms with Gasteiger partial charge in [-0.2, -0.15) is 18.3 Å². The number of hydrogen-bond donors (Lipinski definition) is 2. The monoisotopic (exact) mass is 551 g/mol. The summed E-state index contributed by atoms with van der Waals surface area (Å²) >= 11 is 0. The molecule has 2 amide bonds. The molecule has 0 atom stereocenters. The number of fused-ring (bicyclic) bond motifs is 1. The average Bonchev–Trinajstić information content (AvgIpc) is 3.14. The number of aromatic nitrogens is 3. The van der Waals surface area contributed by atoms with Gasteiger partial charge >= 0.3 is 12.5 Å². The van der Waals surface area contributed by atoms with Crippen LogP contribution >= 0.6 is 0 Å². The van der Waals surface area contributed by atoms with Crippen LogP contribution in [0.2, 0.25) is 0 Å². The number of hydrogen-bond acceptors (Lipinski definition) is 5. The SMILES string of the molecule is Cc1cccc2nc(C(N)=O)cc(C(=O)Nc3c(C(F)(F)F)nn(Cc4ccc(OC(F)(F)F)cc4)c3C)c12. The first kappa shape index (κ1) is 27.4. The normalized spacial score (nSPS) is 12.0. The van der Waals surface area contributed by atoms with Crippen LogP contribution in [0.25, 0.3) is 10.9 Å². The number of carbonyl (C=O) groups is 2. The van der Waals surface area contributed by atoms with Crippen molar-refractivity contribution in [2.24, 2.45) is 5.73 Å². The van der Waals surface area contributed by atoms with Crippen molar-refractivity contribution in [2.75, 3.05) is 5.32 Å². The minimum Gasteiger partial charge on any atom is -0.406 e. The van der Waals surface area contributed by atoms with E-state index in [4.69, 9.17) is 5.73 Å². The number of nitrogens with two attached hydrogens (primary N) is 1. The zero-order valence-electron chi connectivity index (χ0n) is 20.2. The lowest BCUT2D eigenvalue weighted by atomic mass is 10.0. The molecule has 14 heteroatoms. The van der Waals surface area contributed by atoms with E-state index in [0.29, 0.717) is 16.5 Å². The van der Waals surface area contributed by atoms with E-state index in [1.165, 1.54) is 25.1 Å². The number of halogens is 6. The first-order chi connectivity index (χ1) is 18.1. The van der Waals surface area contributed by atoms with Gasteiger partial charge in [-0.1, -0.05) is 24.3 Å². The molecule has 2 heterocycles. The summed E-state index contributed by atoms with van der Waals surface area (Å²) in [5, 5.41) is 6.19. The van der Waals surface area contributed by atoms with Crippen LogP contribution in [-0.2, 0) is 12.7 Å². The molecular weight excluding hydrogens is 532 g/mol. The standard InChI is InChI=1S/C25H19F6N5O3/c1-12-4-3-5-17-19(12)16(10-18(33-17)22(32)37)23(38)34-20-13(2)36(35-21(20)24(26,27)28)11-14-6-8-15(9-7-14)39-25(29,30)31/h3-10H,11H2,1-2H3,(H2,32,37)(H,34,38). The van der Waals surface area contributed by atoms with Gasteiger partial charge in [0.2, 0.25) is 0 Å². The second-order valence-corrected chi connectivity index (χ2v) is 8.50. The number of carbonyl (C=O) groups excluding carboxylic acids is 2. The van der Waals surface area contributed by atoms with E-state index >= 15 is 0 Å². The first-order valence-electron chi connectivity index (χ1n) is 11.1. The van der Waals surface area contributed by atoms with Gasteiger partial charge in [0.25, 0.3) is 11.8 Å². The van der Waals surface area contributed by atoms with Gasteiger partial charge < -0.3 is 15.8 Å². The summed E-state index contributed by atoms with van der Waals surface area (Å²) < 4.78 is 83.7. The van der Waals surface area contributed by atoms with E-state index < -0.39 is 41.5 Å². The Hall–Kier alpha value is -4.62. The van der Waals surface area contributed by atoms with Crippen molar-refractivity contribution in [1.82, 2.24) is 14.8 Å². The second-order valence-electron chi connectivity index (χ2n) is 8.50. The third-order valence-corrected chi connectivity index (χ3v) is 5.74. The van der Waals surface area contributed by atoms with E-state index in [0.717, 1.165) is 22.9 Å². The van der Waals surface area contributed by atoms with Crippen molar-refractivity contribution in [3.8, 4) is 5.75 Å². The van der Waals surface area contributed by atoms with Crippen LogP contribution in [0, 0.1) is 13.8 Å². The predicted molar refractivity (Wildman–Crippen MR) is 127 cm³/mol. The van der Waals surface area contributed by atoms with Crippen molar-refractivity contribution >= 4 is 28.4 Å². The summed E-state index contributed by atoms with van der Waals surface area (Å²) in [5.74, 6) is -2.39. The highest BCUT2D eigenvalue weighted by Gasteiger charge is 2.39. The summed E-state index contributed by atoms with van der Waals surface area (Å²) in [6.45, 7) is 2.71. The van der Waals surface area contributed by atoms with Crippen LogP contribution in [-0.4, -0.2) is 32.9 Å². The van der Waals surface area contributed by atoms with Crippen LogP contribution in [0.4, 0.5) is 32.0 Å². The third-order valence-electron chi connectivity index (χ3n) is 5.74. The molecule has 4 rings (SSSR count). The molecule has 204 valence electrons. The highest BCUT2D eigenvalue weighted by Crippen LogP contribution is 2.37. The molecule has 39 heavy (non-hydrogen) atoms. The highest BCUT2D eigenvalue weighted by atomic mass is 19.4. The van der Waals surface area contributed by atoms with E-state index in [1.54, 1.807) is 19.1 Å². The van der Waals surface area contributed by atoms with E-state index in [2.05, 4.69) is 20.1 Å². The zero-order valence-corrected chi connectivity index (χ0v) is 20.2. The lowest BCUT2D eigenvalue weighted by Gasteiger charge is -2.13. The lowest BCUT2D eigenvalue weighted by Crippen LogP contribution is -2.19. The molecule has 3 N–H and O–H groups in total. The molecule has 2 aromatic heterocycles. The number of ether oxygens (including phenoxy) is 1. The number of benzene rings is 2. The maximum atomic E-state index is 13.9. The number of rotatable bonds is 6. The van der Waals surface area contributed by atoms with Gasteiger partial charge in [-0.05, 0) is 49.2 Å². The number of alkyl halides is 6. The Bertz CT molecular complexity index is 1580. The minimum absolute atomic E-state index is 0.0727. The Balaban J connectivity index is 1.71. The number of nitrogens with zero attached hydrogens (tertiary/aromatic N) is 3. The second kappa shape index (κ2) is 9.93. The molecule has 0 radical (unpaired) electrons. The van der Waals surface area contributed by atoms with Crippen LogP contribution < -0.4 is 15.8 Å². The molecule has 0 aliphatic carbocycles. The van der Waals surface area contributed by atoms with Gasteiger partial charge in [-0.15, -0.1) is 13.2 Å². The maximum absolute atomic E-state index is 13.9. The van der Waals surface area contributed by atoms with Crippen LogP contribution in [0.3, 0.4) is 0 Å². The molecular formula is C25H19F6N5O3. The van der Waals surface area contributed by atoms with E-state index in [-0.39, 0.29) is 29.0 Å². The maximum Gasteiger partial charge on any atom is 0.573 e. The Morgan fingerprint density at radius 1 is 1.03 bits per heavy atom. The number of anilines is 1. The minimum atomic E-state index is -4.96. The lowest BCUT2D eigenvalue weighted by molar-refractivity contribution is -0.274. The summed E-state index contributed by atoms with van der Waals surface area (Å²) in [5.41, 5.74) is 4.04. The number of nitrogens with one attached hydrogen (secondary N) is 1. The number of aryl methyl sites for hydroxylation is 1. The van der Waals surface area contributed by atoms with Gasteiger partial charge in [0.1, 0.15) is 11.4 Å². The summed E-state index contributed by atoms with van der Waals surface area (Å²) in [6.07, 6.45) is -9.86. The molecule has 0 spiro atoms. The number of primary amides is 1. The zero-order chi connectivity index (χ0) is 28.7. The van der Waals surface area contributed by atoms with Gasteiger partial charge in [0.15, 0.2) is 5.69 Å². The fraction of sp³-hybridized carbons (Fsp3) is 0.200. The highest BCUT2D eigenvalue weighted by molar-refractivity contribution is 6.14. The number of amides is 2. The quantitative estimate of drug-likeness (QED) is 0.313. The first-order valence-corrected chi connectivity index (χ1v) is 11.1. The van der Waals surface area contributed by atoms with Crippen LogP contribution in [0.5, 0.6) is 5.75 Å². The largest absolute Gasteiger partial charge is 0.573 e. The molecule has 2 aromatic carbocycles. The van der Waals surface area contributed by atoms with Gasteiger partial charge in [-0.3, -0.25) is 14.3 Å². The Morgan fingerprint density at radius 2 is 1.69 bits per heavy atom. The molecule has 0 fully saturated rings. The summed E-state index contributed by atoms with van der Waals surface area (Å²) in [4.78, 5) is 29.2. The number of pyridine rings is 1. The van der Waals surface area contributed by atoms with Gasteiger partial charge in [0.05, 0.1) is 29.0 Å². The Morgan fingerprint density at radius 3 is 2.28 bits per heavy atom. The molecule has 0 unspecified atom stereocenters. The van der Waals surface area contributed by atoms with Crippen LogP contribution in [0.1, 0.15) is 43.4 Å². The fourth-order valence-corrected chi connectivity index (χ4v) is 3.97. The van der Waals surface area contributed by atoms with Crippen LogP contribution in [0.15, 0.2) is 48.5 Å². The van der Waals surface area contributed by atoms with E-state index in [9.17, 15) is 35.9 Å². The molecule has 0 aliphatic heterocycles. The molecule has 0 aliphatic rings. The molecule has 8 nitrogen and oxygen atoms in total. The topological polar surface area (TPSA) is 112 Å². The van der Waals surface area contributed by atoms with Crippen molar-refractivity contribution < 1.29 is 40.7 Å². The molecule has 4 aromatic rings. The molecule has 0 saturated carbocycles. The smallest absolute Gasteiger partial charge is 0.406 e. The van der Waals surface area contributed by atoms with Crippen molar-refractivity contribution in [2.45, 2.75) is 32.9 Å². The fourth-order valence-electron chi connectivity index (χ4n) is 3.97. The Labute approximate surface area is 216 Å².